The van der Waals surface area contributed by atoms with Gasteiger partial charge in [-0.3, -0.25) is 9.79 Å². The molecule has 2 aromatic rings. The van der Waals surface area contributed by atoms with Gasteiger partial charge in [0, 0.05) is 5.56 Å². The lowest BCUT2D eigenvalue weighted by atomic mass is 9.85. The second kappa shape index (κ2) is 11.1. The fourth-order valence-corrected chi connectivity index (χ4v) is 6.14. The Morgan fingerprint density at radius 1 is 0.829 bits per heavy atom. The molecule has 41 heavy (non-hydrogen) atoms. The average molecular weight is 576 g/mol. The summed E-state index contributed by atoms with van der Waals surface area (Å²) in [6.07, 6.45) is 5.58. The number of allylic oxidation sites excluding steroid dienone is 2. The van der Waals surface area contributed by atoms with E-state index in [9.17, 15) is 22.8 Å². The minimum absolute atomic E-state index is 0.100. The van der Waals surface area contributed by atoms with Gasteiger partial charge in [-0.15, -0.1) is 0 Å². The molecule has 0 radical (unpaired) electrons. The molecule has 0 aromatic heterocycles. The van der Waals surface area contributed by atoms with Gasteiger partial charge in [0.1, 0.15) is 11.1 Å². The van der Waals surface area contributed by atoms with Gasteiger partial charge < -0.3 is 9.47 Å². The van der Waals surface area contributed by atoms with E-state index in [0.29, 0.717) is 5.56 Å². The smallest absolute Gasteiger partial charge is 0.342 e. The maximum Gasteiger partial charge on any atom is 0.342 e. The predicted octanol–water partition coefficient (Wildman–Crippen LogP) is 3.68. The van der Waals surface area contributed by atoms with Crippen LogP contribution in [0.4, 0.5) is 0 Å². The van der Waals surface area contributed by atoms with Crippen molar-refractivity contribution in [2.75, 3.05) is 14.2 Å². The molecule has 0 fully saturated rings. The fourth-order valence-electron chi connectivity index (χ4n) is 4.46. The maximum atomic E-state index is 14.3. The van der Waals surface area contributed by atoms with Crippen LogP contribution in [0.15, 0.2) is 111 Å². The molecule has 212 valence electrons. The Kier molecular flexibility index (Phi) is 7.94. The van der Waals surface area contributed by atoms with E-state index in [4.69, 9.17) is 9.47 Å². The van der Waals surface area contributed by atoms with Crippen LogP contribution in [0.3, 0.4) is 0 Å². The number of sulfonamides is 1. The first-order chi connectivity index (χ1) is 19.4. The summed E-state index contributed by atoms with van der Waals surface area (Å²) >= 11 is 0. The van der Waals surface area contributed by atoms with E-state index in [1.165, 1.54) is 36.4 Å². The fraction of sp³-hybridized carbons (Fsp3) is 0.233. The Hall–Kier alpha value is -4.64. The number of carbonyl (C=O) groups is 3. The molecule has 1 spiro atoms. The summed E-state index contributed by atoms with van der Waals surface area (Å²) in [6.45, 7) is 5.16. The Morgan fingerprint density at radius 3 is 1.88 bits per heavy atom. The Bertz CT molecular complexity index is 1630. The molecule has 4 rings (SSSR count). The molecule has 10 nitrogen and oxygen atoms in total. The van der Waals surface area contributed by atoms with Gasteiger partial charge in [0.25, 0.3) is 15.9 Å². The van der Waals surface area contributed by atoms with Gasteiger partial charge in [-0.25, -0.2) is 27.3 Å². The third-order valence-corrected chi connectivity index (χ3v) is 8.00. The number of hydrogen-bond donors (Lipinski definition) is 0. The first-order valence-electron chi connectivity index (χ1n) is 12.5. The average Bonchev–Trinajstić information content (AvgIpc) is 3.22. The van der Waals surface area contributed by atoms with Crippen molar-refractivity contribution in [2.45, 2.75) is 36.7 Å². The van der Waals surface area contributed by atoms with Crippen molar-refractivity contribution in [1.29, 1.82) is 0 Å². The topological polar surface area (TPSA) is 132 Å². The molecule has 0 atom stereocenters. The van der Waals surface area contributed by atoms with Crippen LogP contribution in [0.2, 0.25) is 0 Å². The molecule has 11 heteroatoms. The Labute approximate surface area is 238 Å². The number of methoxy groups -OCH3 is 2. The number of nitrogens with zero attached hydrogens (tertiary/aromatic N) is 3. The van der Waals surface area contributed by atoms with Crippen LogP contribution in [0.25, 0.3) is 0 Å². The van der Waals surface area contributed by atoms with Crippen LogP contribution in [0.1, 0.15) is 31.1 Å². The zero-order valence-corrected chi connectivity index (χ0v) is 24.0. The van der Waals surface area contributed by atoms with Crippen molar-refractivity contribution in [3.05, 3.63) is 102 Å². The van der Waals surface area contributed by atoms with E-state index in [-0.39, 0.29) is 27.6 Å². The SMILES string of the molecule is COC(=O)C1=C(C(=O)OC)C2(C=CC(=NC(=O)c3ccccc3)C=C2)N(S(=O)(=O)c2ccccc2)C1=NC(C)(C)C. The Morgan fingerprint density at radius 2 is 1.37 bits per heavy atom. The zero-order valence-electron chi connectivity index (χ0n) is 23.2. The summed E-state index contributed by atoms with van der Waals surface area (Å²) in [5.74, 6) is -2.74. The normalized spacial score (nSPS) is 19.6. The van der Waals surface area contributed by atoms with Gasteiger partial charge in [0.2, 0.25) is 0 Å². The summed E-state index contributed by atoms with van der Waals surface area (Å²) in [4.78, 5) is 47.9. The second-order valence-electron chi connectivity index (χ2n) is 10.1. The highest BCUT2D eigenvalue weighted by Crippen LogP contribution is 2.45. The van der Waals surface area contributed by atoms with Crippen molar-refractivity contribution < 1.29 is 32.3 Å². The van der Waals surface area contributed by atoms with E-state index < -0.39 is 38.9 Å². The maximum absolute atomic E-state index is 14.3. The van der Waals surface area contributed by atoms with E-state index in [2.05, 4.69) is 9.98 Å². The summed E-state index contributed by atoms with van der Waals surface area (Å²) in [5.41, 5.74) is -2.89. The highest BCUT2D eigenvalue weighted by molar-refractivity contribution is 7.89. The molecule has 2 aromatic carbocycles. The minimum atomic E-state index is -4.47. The highest BCUT2D eigenvalue weighted by atomic mass is 32.2. The van der Waals surface area contributed by atoms with Crippen LogP contribution >= 0.6 is 0 Å². The van der Waals surface area contributed by atoms with Crippen LogP contribution in [0.5, 0.6) is 0 Å². The molecule has 1 aliphatic heterocycles. The molecule has 1 heterocycles. The minimum Gasteiger partial charge on any atom is -0.466 e. The van der Waals surface area contributed by atoms with Crippen molar-refractivity contribution in [3.63, 3.8) is 0 Å². The second-order valence-corrected chi connectivity index (χ2v) is 11.9. The molecule has 0 saturated heterocycles. The molecule has 1 aliphatic carbocycles. The quantitative estimate of drug-likeness (QED) is 0.497. The molecule has 0 unspecified atom stereocenters. The first kappa shape index (κ1) is 29.3. The standard InChI is InChI=1S/C30H29N3O7S/c1-29(2,3)32-25-23(27(35)39-4)24(28(36)40-5)30(33(25)41(37,38)22-14-10-7-11-15-22)18-16-21(17-19-30)31-26(34)20-12-8-6-9-13-20/h6-19H,1-5H3. The monoisotopic (exact) mass is 575 g/mol. The van der Waals surface area contributed by atoms with Crippen molar-refractivity contribution >= 4 is 39.4 Å². The number of benzene rings is 2. The van der Waals surface area contributed by atoms with Gasteiger partial charge >= 0.3 is 11.9 Å². The predicted molar refractivity (Wildman–Crippen MR) is 153 cm³/mol. The Balaban J connectivity index is 2.02. The van der Waals surface area contributed by atoms with Crippen molar-refractivity contribution in [1.82, 2.24) is 4.31 Å². The molecule has 1 amide bonds. The molecule has 2 aliphatic rings. The summed E-state index contributed by atoms with van der Waals surface area (Å²) < 4.78 is 39.6. The number of carbonyl (C=O) groups excluding carboxylic acids is 3. The summed E-state index contributed by atoms with van der Waals surface area (Å²) in [5, 5.41) is 0. The number of amidine groups is 1. The number of rotatable bonds is 5. The van der Waals surface area contributed by atoms with Gasteiger partial charge in [-0.2, -0.15) is 0 Å². The summed E-state index contributed by atoms with van der Waals surface area (Å²) in [6, 6.07) is 16.0. The van der Waals surface area contributed by atoms with E-state index in [0.717, 1.165) is 18.5 Å². The van der Waals surface area contributed by atoms with Crippen LogP contribution < -0.4 is 0 Å². The number of amides is 1. The van der Waals surface area contributed by atoms with Crippen LogP contribution in [-0.2, 0) is 29.1 Å². The van der Waals surface area contributed by atoms with Crippen molar-refractivity contribution in [3.8, 4) is 0 Å². The molecule has 0 bridgehead atoms. The van der Waals surface area contributed by atoms with Crippen LogP contribution in [-0.4, -0.2) is 67.4 Å². The van der Waals surface area contributed by atoms with E-state index in [1.54, 1.807) is 69.3 Å². The van der Waals surface area contributed by atoms with E-state index >= 15 is 0 Å². The van der Waals surface area contributed by atoms with Gasteiger partial charge in [0.15, 0.2) is 5.84 Å². The molecule has 0 N–H and O–H groups in total. The van der Waals surface area contributed by atoms with Gasteiger partial charge in [0.05, 0.1) is 35.9 Å². The first-order valence-corrected chi connectivity index (χ1v) is 14.0. The lowest BCUT2D eigenvalue weighted by Crippen LogP contribution is -2.51. The largest absolute Gasteiger partial charge is 0.466 e. The number of aliphatic imine (C=N–C) groups is 2. The summed E-state index contributed by atoms with van der Waals surface area (Å²) in [7, 11) is -2.23. The lowest BCUT2D eigenvalue weighted by Gasteiger charge is -2.37. The zero-order chi connectivity index (χ0) is 30.0. The highest BCUT2D eigenvalue weighted by Gasteiger charge is 2.58. The molecular formula is C30H29N3O7S. The number of ether oxygens (including phenoxy) is 2. The van der Waals surface area contributed by atoms with Crippen LogP contribution in [0, 0.1) is 0 Å². The van der Waals surface area contributed by atoms with Gasteiger partial charge in [-0.05, 0) is 69.3 Å². The van der Waals surface area contributed by atoms with E-state index in [1.807, 2.05) is 0 Å². The van der Waals surface area contributed by atoms with Gasteiger partial charge in [-0.1, -0.05) is 36.4 Å². The van der Waals surface area contributed by atoms with Crippen molar-refractivity contribution in [2.24, 2.45) is 9.98 Å². The third-order valence-electron chi connectivity index (χ3n) is 6.17. The third kappa shape index (κ3) is 5.53. The molecule has 0 saturated carbocycles. The lowest BCUT2D eigenvalue weighted by molar-refractivity contribution is -0.139. The number of esters is 2. The number of hydrogen-bond acceptors (Lipinski definition) is 8. The molecular weight excluding hydrogens is 546 g/mol.